The fraction of sp³-hybridized carbons (Fsp3) is 0.231. The number of rotatable bonds is 4. The number of nitrogen functional groups attached to an aromatic ring is 1. The van der Waals surface area contributed by atoms with Gasteiger partial charge in [0.15, 0.2) is 11.6 Å². The maximum Gasteiger partial charge on any atom is 0.222 e. The number of nitrogens with zero attached hydrogens (tertiary/aromatic N) is 2. The maximum absolute atomic E-state index is 13.3. The minimum atomic E-state index is -0.551. The Morgan fingerprint density at radius 2 is 2.11 bits per heavy atom. The van der Waals surface area contributed by atoms with Crippen LogP contribution in [0.3, 0.4) is 0 Å². The van der Waals surface area contributed by atoms with Gasteiger partial charge in [-0.2, -0.15) is 4.98 Å². The molecular weight excluding hydrogens is 250 g/mol. The Hall–Kier alpha value is -2.24. The van der Waals surface area contributed by atoms with Crippen molar-refractivity contribution in [1.82, 2.24) is 9.97 Å². The van der Waals surface area contributed by atoms with Crippen LogP contribution < -0.4 is 11.1 Å². The van der Waals surface area contributed by atoms with Crippen molar-refractivity contribution in [3.63, 3.8) is 0 Å². The minimum Gasteiger partial charge on any atom is -0.368 e. The van der Waals surface area contributed by atoms with Crippen molar-refractivity contribution in [3.8, 4) is 0 Å². The Morgan fingerprint density at radius 3 is 2.84 bits per heavy atom. The van der Waals surface area contributed by atoms with Crippen molar-refractivity contribution in [2.45, 2.75) is 13.3 Å². The molecule has 1 heterocycles. The number of hydrogen-bond donors (Lipinski definition) is 2. The Labute approximate surface area is 109 Å². The number of aromatic nitrogens is 2. The first-order valence-electron chi connectivity index (χ1n) is 5.83. The number of nitrogens with one attached hydrogen (secondary N) is 1. The van der Waals surface area contributed by atoms with Crippen molar-refractivity contribution in [2.75, 3.05) is 17.6 Å². The van der Waals surface area contributed by atoms with Gasteiger partial charge in [0.2, 0.25) is 5.95 Å². The van der Waals surface area contributed by atoms with Gasteiger partial charge in [0.05, 0.1) is 6.20 Å². The topological polar surface area (TPSA) is 63.8 Å². The lowest BCUT2D eigenvalue weighted by atomic mass is 10.1. The highest BCUT2D eigenvalue weighted by molar-refractivity contribution is 5.39. The lowest BCUT2D eigenvalue weighted by molar-refractivity contribution is 0.617. The number of halogens is 2. The maximum atomic E-state index is 13.3. The lowest BCUT2D eigenvalue weighted by Crippen LogP contribution is -2.10. The summed E-state index contributed by atoms with van der Waals surface area (Å²) >= 11 is 0. The molecule has 100 valence electrons. The van der Waals surface area contributed by atoms with Crippen LogP contribution in [0.2, 0.25) is 0 Å². The SMILES string of the molecule is Cc1cc(F)ccc1CCNc1nc(N)ncc1F. The molecule has 0 aliphatic heterocycles. The molecule has 1 aromatic carbocycles. The molecule has 0 fully saturated rings. The van der Waals surface area contributed by atoms with Gasteiger partial charge in [-0.1, -0.05) is 6.07 Å². The quantitative estimate of drug-likeness (QED) is 0.889. The second kappa shape index (κ2) is 5.60. The molecule has 0 radical (unpaired) electrons. The molecule has 0 bridgehead atoms. The molecule has 1 aromatic heterocycles. The largest absolute Gasteiger partial charge is 0.368 e. The average molecular weight is 264 g/mol. The number of anilines is 2. The summed E-state index contributed by atoms with van der Waals surface area (Å²) < 4.78 is 26.3. The highest BCUT2D eigenvalue weighted by Gasteiger charge is 2.05. The van der Waals surface area contributed by atoms with Crippen molar-refractivity contribution >= 4 is 11.8 Å². The number of hydrogen-bond acceptors (Lipinski definition) is 4. The molecule has 2 aromatic rings. The molecule has 6 heteroatoms. The first kappa shape index (κ1) is 13.2. The van der Waals surface area contributed by atoms with Crippen LogP contribution in [-0.4, -0.2) is 16.5 Å². The molecule has 0 spiro atoms. The van der Waals surface area contributed by atoms with E-state index in [4.69, 9.17) is 5.73 Å². The number of benzene rings is 1. The van der Waals surface area contributed by atoms with E-state index in [1.54, 1.807) is 6.07 Å². The third-order valence-corrected chi connectivity index (χ3v) is 2.75. The van der Waals surface area contributed by atoms with Gasteiger partial charge in [-0.3, -0.25) is 0 Å². The summed E-state index contributed by atoms with van der Waals surface area (Å²) in [5, 5.41) is 2.84. The second-order valence-corrected chi connectivity index (χ2v) is 4.17. The molecule has 3 N–H and O–H groups in total. The standard InChI is InChI=1S/C13H14F2N4/c1-8-6-10(14)3-2-9(8)4-5-17-12-11(15)7-18-13(16)19-12/h2-3,6-7H,4-5H2,1H3,(H3,16,17,18,19). The predicted molar refractivity (Wildman–Crippen MR) is 69.7 cm³/mol. The smallest absolute Gasteiger partial charge is 0.222 e. The summed E-state index contributed by atoms with van der Waals surface area (Å²) in [5.74, 6) is -0.719. The molecule has 19 heavy (non-hydrogen) atoms. The lowest BCUT2D eigenvalue weighted by Gasteiger charge is -2.08. The normalized spacial score (nSPS) is 10.5. The van der Waals surface area contributed by atoms with E-state index in [9.17, 15) is 8.78 Å². The third-order valence-electron chi connectivity index (χ3n) is 2.75. The Kier molecular flexibility index (Phi) is 3.89. The van der Waals surface area contributed by atoms with Gasteiger partial charge < -0.3 is 11.1 Å². The molecular formula is C13H14F2N4. The van der Waals surface area contributed by atoms with Gasteiger partial charge in [0.1, 0.15) is 5.82 Å². The highest BCUT2D eigenvalue weighted by atomic mass is 19.1. The Morgan fingerprint density at radius 1 is 1.32 bits per heavy atom. The molecule has 0 aliphatic rings. The van der Waals surface area contributed by atoms with Gasteiger partial charge in [-0.25, -0.2) is 13.8 Å². The van der Waals surface area contributed by atoms with Gasteiger partial charge >= 0.3 is 0 Å². The van der Waals surface area contributed by atoms with E-state index in [1.807, 2.05) is 6.92 Å². The second-order valence-electron chi connectivity index (χ2n) is 4.17. The fourth-order valence-corrected chi connectivity index (χ4v) is 1.76. The Bertz CT molecular complexity index is 587. The van der Waals surface area contributed by atoms with Crippen LogP contribution in [0, 0.1) is 18.6 Å². The van der Waals surface area contributed by atoms with Crippen LogP contribution in [-0.2, 0) is 6.42 Å². The highest BCUT2D eigenvalue weighted by Crippen LogP contribution is 2.13. The molecule has 0 amide bonds. The van der Waals surface area contributed by atoms with Gasteiger partial charge in [-0.05, 0) is 36.6 Å². The minimum absolute atomic E-state index is 0.0156. The predicted octanol–water partition coefficient (Wildman–Crippen LogP) is 2.30. The monoisotopic (exact) mass is 264 g/mol. The Balaban J connectivity index is 1.98. The average Bonchev–Trinajstić information content (AvgIpc) is 2.36. The van der Waals surface area contributed by atoms with E-state index in [-0.39, 0.29) is 17.6 Å². The van der Waals surface area contributed by atoms with E-state index in [1.165, 1.54) is 12.1 Å². The van der Waals surface area contributed by atoms with Crippen LogP contribution in [0.5, 0.6) is 0 Å². The van der Waals surface area contributed by atoms with Crippen LogP contribution >= 0.6 is 0 Å². The molecule has 0 atom stereocenters. The van der Waals surface area contributed by atoms with Crippen LogP contribution in [0.15, 0.2) is 24.4 Å². The molecule has 0 unspecified atom stereocenters. The number of nitrogens with two attached hydrogens (primary N) is 1. The zero-order valence-electron chi connectivity index (χ0n) is 10.5. The molecule has 0 saturated heterocycles. The van der Waals surface area contributed by atoms with E-state index in [0.29, 0.717) is 13.0 Å². The first-order chi connectivity index (χ1) is 9.06. The zero-order valence-corrected chi connectivity index (χ0v) is 10.5. The van der Waals surface area contributed by atoms with E-state index < -0.39 is 5.82 Å². The molecule has 0 saturated carbocycles. The third kappa shape index (κ3) is 3.37. The van der Waals surface area contributed by atoms with Crippen LogP contribution in [0.25, 0.3) is 0 Å². The molecule has 4 nitrogen and oxygen atoms in total. The number of aryl methyl sites for hydroxylation is 1. The van der Waals surface area contributed by atoms with Crippen molar-refractivity contribution < 1.29 is 8.78 Å². The van der Waals surface area contributed by atoms with Gasteiger partial charge in [0, 0.05) is 6.54 Å². The summed E-state index contributed by atoms with van der Waals surface area (Å²) in [5.41, 5.74) is 7.24. The van der Waals surface area contributed by atoms with E-state index in [0.717, 1.165) is 17.3 Å². The van der Waals surface area contributed by atoms with Crippen LogP contribution in [0.4, 0.5) is 20.5 Å². The molecule has 2 rings (SSSR count). The van der Waals surface area contributed by atoms with Crippen molar-refractivity contribution in [3.05, 3.63) is 47.2 Å². The fourth-order valence-electron chi connectivity index (χ4n) is 1.76. The van der Waals surface area contributed by atoms with E-state index >= 15 is 0 Å². The summed E-state index contributed by atoms with van der Waals surface area (Å²) in [4.78, 5) is 7.30. The van der Waals surface area contributed by atoms with Crippen LogP contribution in [0.1, 0.15) is 11.1 Å². The summed E-state index contributed by atoms with van der Waals surface area (Å²) in [7, 11) is 0. The van der Waals surface area contributed by atoms with Crippen molar-refractivity contribution in [2.24, 2.45) is 0 Å². The molecule has 0 aliphatic carbocycles. The first-order valence-corrected chi connectivity index (χ1v) is 5.83. The van der Waals surface area contributed by atoms with E-state index in [2.05, 4.69) is 15.3 Å². The van der Waals surface area contributed by atoms with Gasteiger partial charge in [0.25, 0.3) is 0 Å². The summed E-state index contributed by atoms with van der Waals surface area (Å²) in [6, 6.07) is 4.60. The summed E-state index contributed by atoms with van der Waals surface area (Å²) in [6.45, 7) is 2.31. The van der Waals surface area contributed by atoms with Crippen molar-refractivity contribution in [1.29, 1.82) is 0 Å². The summed E-state index contributed by atoms with van der Waals surface area (Å²) in [6.07, 6.45) is 1.66. The van der Waals surface area contributed by atoms with Gasteiger partial charge in [-0.15, -0.1) is 0 Å². The zero-order chi connectivity index (χ0) is 13.8.